The molecule has 0 spiro atoms. The summed E-state index contributed by atoms with van der Waals surface area (Å²) in [5, 5.41) is 2.97. The number of methoxy groups -OCH3 is 1. The average molecular weight is 418 g/mol. The van der Waals surface area contributed by atoms with E-state index in [0.29, 0.717) is 22.6 Å². The van der Waals surface area contributed by atoms with Gasteiger partial charge in [0.2, 0.25) is 0 Å². The third-order valence-corrected chi connectivity index (χ3v) is 5.08. The Morgan fingerprint density at radius 2 is 1.83 bits per heavy atom. The predicted octanol–water partition coefficient (Wildman–Crippen LogP) is 3.96. The number of aryl methyl sites for hydroxylation is 1. The minimum Gasteiger partial charge on any atom is -0.491 e. The fourth-order valence-electron chi connectivity index (χ4n) is 2.97. The third-order valence-electron chi connectivity index (χ3n) is 4.34. The van der Waals surface area contributed by atoms with Gasteiger partial charge >= 0.3 is 0 Å². The van der Waals surface area contributed by atoms with E-state index < -0.39 is 22.4 Å². The number of ether oxygens (including phenoxy) is 1. The second-order valence-electron chi connectivity index (χ2n) is 6.56. The Balaban J connectivity index is 2.15. The van der Waals surface area contributed by atoms with Crippen molar-refractivity contribution in [2.24, 2.45) is 7.05 Å². The maximum Gasteiger partial charge on any atom is 0.292 e. The van der Waals surface area contributed by atoms with Gasteiger partial charge in [-0.1, -0.05) is 6.07 Å². The Hall–Kier alpha value is -3.00. The average Bonchev–Trinajstić information content (AvgIpc) is 2.66. The SMILES string of the molecule is COc1cc(-c2cc(CS(C)=O)ccc2Nc2ccc(F)cc2F)cn(C)c1=O. The van der Waals surface area contributed by atoms with Crippen LogP contribution in [0.1, 0.15) is 5.56 Å². The van der Waals surface area contributed by atoms with Crippen LogP contribution < -0.4 is 15.6 Å². The molecule has 3 aromatic rings. The van der Waals surface area contributed by atoms with E-state index in [2.05, 4.69) is 5.32 Å². The quantitative estimate of drug-likeness (QED) is 0.658. The Morgan fingerprint density at radius 3 is 2.48 bits per heavy atom. The van der Waals surface area contributed by atoms with E-state index >= 15 is 0 Å². The topological polar surface area (TPSA) is 60.3 Å². The molecule has 8 heteroatoms. The van der Waals surface area contributed by atoms with E-state index in [1.165, 1.54) is 17.7 Å². The normalized spacial score (nSPS) is 11.9. The minimum absolute atomic E-state index is 0.108. The monoisotopic (exact) mass is 418 g/mol. The van der Waals surface area contributed by atoms with E-state index in [1.54, 1.807) is 37.7 Å². The van der Waals surface area contributed by atoms with Crippen molar-refractivity contribution in [2.75, 3.05) is 18.7 Å². The first-order valence-corrected chi connectivity index (χ1v) is 10.4. The van der Waals surface area contributed by atoms with E-state index in [4.69, 9.17) is 4.74 Å². The van der Waals surface area contributed by atoms with Gasteiger partial charge < -0.3 is 14.6 Å². The number of aromatic nitrogens is 1. The maximum atomic E-state index is 14.1. The molecule has 1 heterocycles. The predicted molar refractivity (Wildman–Crippen MR) is 111 cm³/mol. The van der Waals surface area contributed by atoms with Gasteiger partial charge in [-0.25, -0.2) is 8.78 Å². The molecule has 0 saturated heterocycles. The molecule has 0 aliphatic carbocycles. The number of rotatable bonds is 6. The molecule has 1 atom stereocenters. The first kappa shape index (κ1) is 20.7. The van der Waals surface area contributed by atoms with E-state index in [0.717, 1.165) is 17.7 Å². The highest BCUT2D eigenvalue weighted by molar-refractivity contribution is 7.83. The van der Waals surface area contributed by atoms with Crippen molar-refractivity contribution in [3.63, 3.8) is 0 Å². The zero-order valence-electron chi connectivity index (χ0n) is 16.2. The summed E-state index contributed by atoms with van der Waals surface area (Å²) in [6, 6.07) is 10.2. The summed E-state index contributed by atoms with van der Waals surface area (Å²) in [4.78, 5) is 12.1. The van der Waals surface area contributed by atoms with Gasteiger partial charge in [0, 0.05) is 58.9 Å². The molecule has 0 radical (unpaired) electrons. The molecular formula is C21H20F2N2O3S. The molecule has 1 N–H and O–H groups in total. The van der Waals surface area contributed by atoms with Crippen LogP contribution in [-0.4, -0.2) is 22.1 Å². The second-order valence-corrected chi connectivity index (χ2v) is 7.99. The Labute approximate surface area is 169 Å². The van der Waals surface area contributed by atoms with Crippen LogP contribution in [0.25, 0.3) is 11.1 Å². The molecule has 0 aliphatic rings. The maximum absolute atomic E-state index is 14.1. The van der Waals surface area contributed by atoms with Gasteiger partial charge in [0.05, 0.1) is 12.8 Å². The summed E-state index contributed by atoms with van der Waals surface area (Å²) in [7, 11) is 1.96. The van der Waals surface area contributed by atoms with Crippen LogP contribution in [0.2, 0.25) is 0 Å². The Morgan fingerprint density at radius 1 is 1.10 bits per heavy atom. The highest BCUT2D eigenvalue weighted by Gasteiger charge is 2.14. The van der Waals surface area contributed by atoms with Crippen LogP contribution in [0.5, 0.6) is 5.75 Å². The van der Waals surface area contributed by atoms with Gasteiger partial charge in [-0.05, 0) is 35.9 Å². The number of anilines is 2. The highest BCUT2D eigenvalue weighted by atomic mass is 32.2. The van der Waals surface area contributed by atoms with Crippen LogP contribution in [0.4, 0.5) is 20.2 Å². The second kappa shape index (κ2) is 8.57. The van der Waals surface area contributed by atoms with Crippen LogP contribution in [-0.2, 0) is 23.6 Å². The molecule has 152 valence electrons. The van der Waals surface area contributed by atoms with Crippen molar-refractivity contribution < 1.29 is 17.7 Å². The van der Waals surface area contributed by atoms with Gasteiger partial charge in [0.15, 0.2) is 5.75 Å². The summed E-state index contributed by atoms with van der Waals surface area (Å²) in [6.45, 7) is 0. The number of hydrogen-bond acceptors (Lipinski definition) is 4. The summed E-state index contributed by atoms with van der Waals surface area (Å²) in [5.41, 5.74) is 2.49. The molecule has 3 rings (SSSR count). The molecule has 0 aliphatic heterocycles. The van der Waals surface area contributed by atoms with Crippen molar-refractivity contribution in [1.82, 2.24) is 4.57 Å². The van der Waals surface area contributed by atoms with Crippen molar-refractivity contribution in [1.29, 1.82) is 0 Å². The molecular weight excluding hydrogens is 398 g/mol. The van der Waals surface area contributed by atoms with Gasteiger partial charge in [0.25, 0.3) is 5.56 Å². The van der Waals surface area contributed by atoms with Gasteiger partial charge in [-0.2, -0.15) is 0 Å². The number of halogens is 2. The lowest BCUT2D eigenvalue weighted by atomic mass is 10.0. The molecule has 1 aromatic heterocycles. The molecule has 0 amide bonds. The Bertz CT molecular complexity index is 1150. The van der Waals surface area contributed by atoms with Crippen LogP contribution >= 0.6 is 0 Å². The molecule has 0 bridgehead atoms. The van der Waals surface area contributed by atoms with Crippen LogP contribution in [0.3, 0.4) is 0 Å². The van der Waals surface area contributed by atoms with Crippen LogP contribution in [0.15, 0.2) is 53.5 Å². The zero-order chi connectivity index (χ0) is 21.1. The molecule has 0 saturated carbocycles. The standard InChI is InChI=1S/C21H20F2N2O3S/c1-25-11-14(9-20(28-2)21(25)26)16-8-13(12-29(3)27)4-6-18(16)24-19-7-5-15(22)10-17(19)23/h4-11,24H,12H2,1-3H3. The number of benzene rings is 2. The Kier molecular flexibility index (Phi) is 6.12. The fourth-order valence-corrected chi connectivity index (χ4v) is 3.62. The van der Waals surface area contributed by atoms with Gasteiger partial charge in [-0.15, -0.1) is 0 Å². The number of nitrogens with one attached hydrogen (secondary N) is 1. The van der Waals surface area contributed by atoms with E-state index in [9.17, 15) is 17.8 Å². The molecule has 0 fully saturated rings. The molecule has 2 aromatic carbocycles. The summed E-state index contributed by atoms with van der Waals surface area (Å²) in [6.07, 6.45) is 3.24. The first-order valence-electron chi connectivity index (χ1n) is 8.68. The zero-order valence-corrected chi connectivity index (χ0v) is 17.0. The van der Waals surface area contributed by atoms with Gasteiger partial charge in [-0.3, -0.25) is 9.00 Å². The number of hydrogen-bond donors (Lipinski definition) is 1. The minimum atomic E-state index is -1.05. The summed E-state index contributed by atoms with van der Waals surface area (Å²) in [5.74, 6) is -0.890. The fraction of sp³-hybridized carbons (Fsp3) is 0.190. The van der Waals surface area contributed by atoms with Crippen molar-refractivity contribution in [3.05, 3.63) is 76.2 Å². The lowest BCUT2D eigenvalue weighted by Gasteiger charge is -2.16. The number of pyridine rings is 1. The lowest BCUT2D eigenvalue weighted by Crippen LogP contribution is -2.17. The van der Waals surface area contributed by atoms with Gasteiger partial charge in [0.1, 0.15) is 11.6 Å². The molecule has 5 nitrogen and oxygen atoms in total. The van der Waals surface area contributed by atoms with E-state index in [1.807, 2.05) is 6.07 Å². The molecule has 1 unspecified atom stereocenters. The number of nitrogens with zero attached hydrogens (tertiary/aromatic N) is 1. The lowest BCUT2D eigenvalue weighted by molar-refractivity contribution is 0.405. The first-order chi connectivity index (χ1) is 13.8. The van der Waals surface area contributed by atoms with Crippen molar-refractivity contribution in [3.8, 4) is 16.9 Å². The summed E-state index contributed by atoms with van der Waals surface area (Å²) >= 11 is 0. The smallest absolute Gasteiger partial charge is 0.292 e. The third kappa shape index (κ3) is 4.71. The highest BCUT2D eigenvalue weighted by Crippen LogP contribution is 2.33. The van der Waals surface area contributed by atoms with E-state index in [-0.39, 0.29) is 17.0 Å². The van der Waals surface area contributed by atoms with Crippen molar-refractivity contribution in [2.45, 2.75) is 5.75 Å². The van der Waals surface area contributed by atoms with Crippen LogP contribution in [0, 0.1) is 11.6 Å². The molecule has 29 heavy (non-hydrogen) atoms. The van der Waals surface area contributed by atoms with Crippen molar-refractivity contribution >= 4 is 22.2 Å². The summed E-state index contributed by atoms with van der Waals surface area (Å²) < 4.78 is 45.6. The largest absolute Gasteiger partial charge is 0.491 e.